The van der Waals surface area contributed by atoms with Crippen molar-refractivity contribution in [2.45, 2.75) is 58.8 Å². The van der Waals surface area contributed by atoms with Crippen LogP contribution in [0.2, 0.25) is 0 Å². The normalized spacial score (nSPS) is 14.8. The summed E-state index contributed by atoms with van der Waals surface area (Å²) in [6, 6.07) is 10.5. The van der Waals surface area contributed by atoms with E-state index in [-0.39, 0.29) is 0 Å². The predicted molar refractivity (Wildman–Crippen MR) is 126 cm³/mol. The Morgan fingerprint density at radius 3 is 2.59 bits per heavy atom. The van der Waals surface area contributed by atoms with E-state index in [1.165, 1.54) is 43.1 Å². The minimum Gasteiger partial charge on any atom is -0.361 e. The summed E-state index contributed by atoms with van der Waals surface area (Å²) in [5.74, 6) is 1.56. The quantitative estimate of drug-likeness (QED) is 0.346. The number of aryl methyl sites for hydroxylation is 2. The lowest BCUT2D eigenvalue weighted by molar-refractivity contribution is -0.107. The van der Waals surface area contributed by atoms with Gasteiger partial charge < -0.3 is 13.9 Å². The summed E-state index contributed by atoms with van der Waals surface area (Å²) in [5.41, 5.74) is 7.39. The number of aromatic nitrogens is 3. The molecule has 1 saturated carbocycles. The minimum atomic E-state index is 0.443. The van der Waals surface area contributed by atoms with Crippen LogP contribution >= 0.6 is 0 Å². The SMILES string of the molecule is Cc1noc(C)c1-c1cnc2c(c1)c(CC1CCCCC1)cn2-c1ccc(CC=O)cc1. The van der Waals surface area contributed by atoms with Gasteiger partial charge in [0.2, 0.25) is 0 Å². The number of hydrogen-bond acceptors (Lipinski definition) is 4. The molecule has 0 amide bonds. The van der Waals surface area contributed by atoms with E-state index in [4.69, 9.17) is 9.51 Å². The highest BCUT2D eigenvalue weighted by Crippen LogP contribution is 2.34. The van der Waals surface area contributed by atoms with Crippen molar-refractivity contribution in [3.63, 3.8) is 0 Å². The number of carbonyl (C=O) groups is 1. The van der Waals surface area contributed by atoms with Gasteiger partial charge >= 0.3 is 0 Å². The number of benzene rings is 1. The molecular weight excluding hydrogens is 398 g/mol. The second-order valence-corrected chi connectivity index (χ2v) is 9.06. The largest absolute Gasteiger partial charge is 0.361 e. The molecule has 0 radical (unpaired) electrons. The van der Waals surface area contributed by atoms with Crippen LogP contribution in [0.1, 0.15) is 54.7 Å². The molecule has 164 valence electrons. The molecule has 5 rings (SSSR count). The molecule has 32 heavy (non-hydrogen) atoms. The van der Waals surface area contributed by atoms with Crippen LogP contribution in [-0.4, -0.2) is 21.0 Å². The number of nitrogens with zero attached hydrogens (tertiary/aromatic N) is 3. The van der Waals surface area contributed by atoms with E-state index in [0.717, 1.165) is 58.1 Å². The second kappa shape index (κ2) is 8.73. The van der Waals surface area contributed by atoms with Gasteiger partial charge in [0.15, 0.2) is 0 Å². The van der Waals surface area contributed by atoms with Crippen LogP contribution in [0.5, 0.6) is 0 Å². The highest BCUT2D eigenvalue weighted by atomic mass is 16.5. The van der Waals surface area contributed by atoms with Crippen molar-refractivity contribution in [1.82, 2.24) is 14.7 Å². The van der Waals surface area contributed by atoms with Gasteiger partial charge in [-0.2, -0.15) is 0 Å². The predicted octanol–water partition coefficient (Wildman–Crippen LogP) is 6.16. The summed E-state index contributed by atoms with van der Waals surface area (Å²) >= 11 is 0. The van der Waals surface area contributed by atoms with Crippen molar-refractivity contribution in [3.8, 4) is 16.8 Å². The first-order chi connectivity index (χ1) is 15.6. The summed E-state index contributed by atoms with van der Waals surface area (Å²) in [6.45, 7) is 3.93. The zero-order valence-electron chi connectivity index (χ0n) is 18.8. The molecule has 0 atom stereocenters. The average Bonchev–Trinajstić information content (AvgIpc) is 3.34. The first-order valence-electron chi connectivity index (χ1n) is 11.6. The van der Waals surface area contributed by atoms with E-state index < -0.39 is 0 Å². The molecule has 0 spiro atoms. The fourth-order valence-electron chi connectivity index (χ4n) is 5.15. The van der Waals surface area contributed by atoms with E-state index in [9.17, 15) is 4.79 Å². The Balaban J connectivity index is 1.61. The first-order valence-corrected chi connectivity index (χ1v) is 11.6. The zero-order valence-corrected chi connectivity index (χ0v) is 18.8. The van der Waals surface area contributed by atoms with E-state index in [0.29, 0.717) is 6.42 Å². The summed E-state index contributed by atoms with van der Waals surface area (Å²) in [4.78, 5) is 15.8. The maximum absolute atomic E-state index is 10.8. The standard InChI is InChI=1S/C27H29N3O2/c1-18-26(19(2)32-29-18)22-15-25-23(14-21-6-4-3-5-7-21)17-30(27(25)28-16-22)24-10-8-20(9-11-24)12-13-31/h8-11,13,15-17,21H,3-7,12,14H2,1-2H3. The summed E-state index contributed by atoms with van der Waals surface area (Å²) < 4.78 is 7.60. The average molecular weight is 428 g/mol. The molecule has 1 aromatic carbocycles. The van der Waals surface area contributed by atoms with E-state index in [1.807, 2.05) is 32.2 Å². The van der Waals surface area contributed by atoms with E-state index >= 15 is 0 Å². The maximum Gasteiger partial charge on any atom is 0.144 e. The fraction of sp³-hybridized carbons (Fsp3) is 0.370. The van der Waals surface area contributed by atoms with Crippen molar-refractivity contribution in [1.29, 1.82) is 0 Å². The molecule has 0 saturated heterocycles. The lowest BCUT2D eigenvalue weighted by Gasteiger charge is -2.21. The topological polar surface area (TPSA) is 60.9 Å². The first kappa shape index (κ1) is 20.7. The highest BCUT2D eigenvalue weighted by molar-refractivity contribution is 5.87. The third-order valence-electron chi connectivity index (χ3n) is 6.81. The van der Waals surface area contributed by atoms with Crippen LogP contribution in [0, 0.1) is 19.8 Å². The number of hydrogen-bond donors (Lipinski definition) is 0. The van der Waals surface area contributed by atoms with Gasteiger partial charge in [-0.1, -0.05) is 49.4 Å². The molecule has 4 aromatic rings. The van der Waals surface area contributed by atoms with Crippen molar-refractivity contribution >= 4 is 17.3 Å². The number of pyridine rings is 1. The second-order valence-electron chi connectivity index (χ2n) is 9.06. The Hall–Kier alpha value is -3.21. The third kappa shape index (κ3) is 3.88. The zero-order chi connectivity index (χ0) is 22.1. The van der Waals surface area contributed by atoms with Gasteiger partial charge in [0, 0.05) is 41.0 Å². The molecule has 1 aliphatic carbocycles. The molecule has 3 heterocycles. The Labute approximate surface area is 188 Å². The Bertz CT molecular complexity index is 1220. The Kier molecular flexibility index (Phi) is 5.64. The molecule has 0 aliphatic heterocycles. The van der Waals surface area contributed by atoms with Crippen molar-refractivity contribution < 1.29 is 9.32 Å². The van der Waals surface area contributed by atoms with Gasteiger partial charge in [-0.05, 0) is 55.5 Å². The van der Waals surface area contributed by atoms with Crippen molar-refractivity contribution in [2.75, 3.05) is 0 Å². The number of fused-ring (bicyclic) bond motifs is 1. The Morgan fingerprint density at radius 1 is 1.12 bits per heavy atom. The van der Waals surface area contributed by atoms with E-state index in [2.05, 4.69) is 34.1 Å². The third-order valence-corrected chi connectivity index (χ3v) is 6.81. The molecule has 1 fully saturated rings. The lowest BCUT2D eigenvalue weighted by Crippen LogP contribution is -2.09. The van der Waals surface area contributed by atoms with Gasteiger partial charge in [0.1, 0.15) is 17.7 Å². The number of aldehydes is 1. The van der Waals surface area contributed by atoms with Crippen LogP contribution in [0.25, 0.3) is 27.8 Å². The lowest BCUT2D eigenvalue weighted by atomic mass is 9.85. The molecule has 1 aliphatic rings. The molecule has 0 N–H and O–H groups in total. The smallest absolute Gasteiger partial charge is 0.144 e. The Morgan fingerprint density at radius 2 is 1.91 bits per heavy atom. The molecular formula is C27H29N3O2. The minimum absolute atomic E-state index is 0.443. The van der Waals surface area contributed by atoms with Crippen LogP contribution in [0.15, 0.2) is 47.2 Å². The number of rotatable bonds is 6. The fourth-order valence-corrected chi connectivity index (χ4v) is 5.15. The maximum atomic E-state index is 10.8. The van der Waals surface area contributed by atoms with Gasteiger partial charge in [-0.15, -0.1) is 0 Å². The summed E-state index contributed by atoms with van der Waals surface area (Å²) in [6.07, 6.45) is 13.3. The summed E-state index contributed by atoms with van der Waals surface area (Å²) in [5, 5.41) is 5.33. The van der Waals surface area contributed by atoms with Crippen molar-refractivity contribution in [3.05, 3.63) is 65.3 Å². The summed E-state index contributed by atoms with van der Waals surface area (Å²) in [7, 11) is 0. The van der Waals surface area contributed by atoms with Gasteiger partial charge in [-0.3, -0.25) is 0 Å². The van der Waals surface area contributed by atoms with E-state index in [1.54, 1.807) is 0 Å². The van der Waals surface area contributed by atoms with Gasteiger partial charge in [-0.25, -0.2) is 4.98 Å². The number of carbonyl (C=O) groups excluding carboxylic acids is 1. The monoisotopic (exact) mass is 427 g/mol. The molecule has 0 unspecified atom stereocenters. The highest BCUT2D eigenvalue weighted by Gasteiger charge is 2.20. The van der Waals surface area contributed by atoms with Gasteiger partial charge in [0.25, 0.3) is 0 Å². The van der Waals surface area contributed by atoms with Crippen molar-refractivity contribution in [2.24, 2.45) is 5.92 Å². The van der Waals surface area contributed by atoms with Gasteiger partial charge in [0.05, 0.1) is 5.69 Å². The molecule has 5 heteroatoms. The van der Waals surface area contributed by atoms with Crippen LogP contribution in [-0.2, 0) is 17.6 Å². The molecule has 0 bridgehead atoms. The molecule has 5 nitrogen and oxygen atoms in total. The van der Waals surface area contributed by atoms with Crippen LogP contribution in [0.4, 0.5) is 0 Å². The van der Waals surface area contributed by atoms with Crippen LogP contribution in [0.3, 0.4) is 0 Å². The molecule has 3 aromatic heterocycles. The van der Waals surface area contributed by atoms with Crippen LogP contribution < -0.4 is 0 Å².